The molecular formula is C19H23ClN2. The maximum absolute atomic E-state index is 8.35. The molecule has 2 aromatic carbocycles. The first-order chi connectivity index (χ1) is 10.4. The summed E-state index contributed by atoms with van der Waals surface area (Å²) >= 11 is 6.30. The van der Waals surface area contributed by atoms with E-state index in [1.54, 1.807) is 0 Å². The molecule has 0 aromatic heterocycles. The highest BCUT2D eigenvalue weighted by Crippen LogP contribution is 2.24. The Balaban J connectivity index is 2.40. The first kappa shape index (κ1) is 16.6. The molecule has 2 rings (SSSR count). The normalized spacial score (nSPS) is 10.6. The zero-order valence-electron chi connectivity index (χ0n) is 13.7. The van der Waals surface area contributed by atoms with Crippen LogP contribution in [0.15, 0.2) is 36.4 Å². The molecule has 2 nitrogen and oxygen atoms in total. The molecule has 1 N–H and O–H groups in total. The Morgan fingerprint density at radius 1 is 1.18 bits per heavy atom. The van der Waals surface area contributed by atoms with Crippen molar-refractivity contribution in [3.63, 3.8) is 0 Å². The van der Waals surface area contributed by atoms with Gasteiger partial charge in [0, 0.05) is 24.2 Å². The fraction of sp³-hybridized carbons (Fsp3) is 0.316. The summed E-state index contributed by atoms with van der Waals surface area (Å²) in [5, 5.41) is 9.04. The van der Waals surface area contributed by atoms with Crippen LogP contribution >= 0.6 is 11.6 Å². The Morgan fingerprint density at radius 2 is 1.91 bits per heavy atom. The Hall–Kier alpha value is -1.80. The summed E-state index contributed by atoms with van der Waals surface area (Å²) in [6, 6.07) is 12.4. The van der Waals surface area contributed by atoms with Crippen LogP contribution in [0.3, 0.4) is 0 Å². The van der Waals surface area contributed by atoms with Crippen LogP contribution in [0.1, 0.15) is 34.7 Å². The molecule has 0 amide bonds. The molecule has 0 atom stereocenters. The van der Waals surface area contributed by atoms with Crippen molar-refractivity contribution < 1.29 is 0 Å². The van der Waals surface area contributed by atoms with Crippen molar-refractivity contribution >= 4 is 17.4 Å². The van der Waals surface area contributed by atoms with Crippen molar-refractivity contribution in [2.75, 3.05) is 13.6 Å². The van der Waals surface area contributed by atoms with Crippen LogP contribution in [0.5, 0.6) is 0 Å². The molecule has 0 aliphatic carbocycles. The van der Waals surface area contributed by atoms with Crippen LogP contribution in [-0.4, -0.2) is 24.3 Å². The maximum atomic E-state index is 8.35. The van der Waals surface area contributed by atoms with Crippen LogP contribution in [0.4, 0.5) is 0 Å². The molecule has 0 saturated carbocycles. The van der Waals surface area contributed by atoms with E-state index in [9.17, 15) is 0 Å². The molecule has 0 aliphatic heterocycles. The van der Waals surface area contributed by atoms with Crippen molar-refractivity contribution in [3.05, 3.63) is 69.2 Å². The van der Waals surface area contributed by atoms with Gasteiger partial charge < -0.3 is 4.90 Å². The summed E-state index contributed by atoms with van der Waals surface area (Å²) in [6.45, 7) is 7.03. The number of benzene rings is 2. The van der Waals surface area contributed by atoms with Gasteiger partial charge in [-0.2, -0.15) is 0 Å². The van der Waals surface area contributed by atoms with Gasteiger partial charge in [-0.25, -0.2) is 0 Å². The number of hydrogen-bond donors (Lipinski definition) is 1. The summed E-state index contributed by atoms with van der Waals surface area (Å²) < 4.78 is 0. The Kier molecular flexibility index (Phi) is 5.25. The van der Waals surface area contributed by atoms with Crippen LogP contribution in [0, 0.1) is 19.3 Å². The number of nitrogens with one attached hydrogen (secondary N) is 1. The Bertz CT molecular complexity index is 692. The van der Waals surface area contributed by atoms with Crippen LogP contribution in [-0.2, 0) is 6.42 Å². The van der Waals surface area contributed by atoms with Gasteiger partial charge in [0.05, 0.1) is 0 Å². The molecule has 0 bridgehead atoms. The van der Waals surface area contributed by atoms with E-state index in [1.807, 2.05) is 31.0 Å². The summed E-state index contributed by atoms with van der Waals surface area (Å²) in [6.07, 6.45) is 0.837. The zero-order chi connectivity index (χ0) is 16.3. The third kappa shape index (κ3) is 3.69. The topological polar surface area (TPSA) is 27.1 Å². The van der Waals surface area contributed by atoms with Gasteiger partial charge >= 0.3 is 0 Å². The van der Waals surface area contributed by atoms with Crippen molar-refractivity contribution in [2.45, 2.75) is 27.2 Å². The average Bonchev–Trinajstić information content (AvgIpc) is 2.49. The second kappa shape index (κ2) is 6.97. The average molecular weight is 315 g/mol. The lowest BCUT2D eigenvalue weighted by molar-refractivity contribution is 0.532. The minimum Gasteiger partial charge on any atom is -0.360 e. The van der Waals surface area contributed by atoms with E-state index < -0.39 is 0 Å². The lowest BCUT2D eigenvalue weighted by Gasteiger charge is -2.21. The summed E-state index contributed by atoms with van der Waals surface area (Å²) in [5.74, 6) is 0.521. The van der Waals surface area contributed by atoms with Crippen molar-refractivity contribution in [3.8, 4) is 0 Å². The smallest absolute Gasteiger partial charge is 0.128 e. The van der Waals surface area contributed by atoms with Gasteiger partial charge in [-0.3, -0.25) is 5.41 Å². The predicted octanol–water partition coefficient (Wildman–Crippen LogP) is 4.82. The third-order valence-corrected chi connectivity index (χ3v) is 4.29. The molecule has 0 unspecified atom stereocenters. The molecule has 0 radical (unpaired) electrons. The highest BCUT2D eigenvalue weighted by molar-refractivity contribution is 6.31. The molecule has 0 saturated heterocycles. The second-order valence-electron chi connectivity index (χ2n) is 5.77. The first-order valence-electron chi connectivity index (χ1n) is 7.57. The largest absolute Gasteiger partial charge is 0.360 e. The van der Waals surface area contributed by atoms with Gasteiger partial charge in [-0.05, 0) is 56.0 Å². The molecule has 3 heteroatoms. The summed E-state index contributed by atoms with van der Waals surface area (Å²) in [5.41, 5.74) is 5.76. The Labute approximate surface area is 138 Å². The number of amidine groups is 1. The SMILES string of the molecule is CCN(C)C(=N)c1cc(Cl)cc(Cc2cccc(C)c2)c1C. The minimum atomic E-state index is 0.521. The molecule has 116 valence electrons. The summed E-state index contributed by atoms with van der Waals surface area (Å²) in [4.78, 5) is 1.93. The zero-order valence-corrected chi connectivity index (χ0v) is 14.5. The molecule has 0 spiro atoms. The molecule has 0 heterocycles. The van der Waals surface area contributed by atoms with E-state index in [0.717, 1.165) is 24.1 Å². The number of halogens is 1. The highest BCUT2D eigenvalue weighted by Gasteiger charge is 2.13. The van der Waals surface area contributed by atoms with Crippen molar-refractivity contribution in [2.24, 2.45) is 0 Å². The number of aryl methyl sites for hydroxylation is 1. The van der Waals surface area contributed by atoms with Gasteiger partial charge in [-0.15, -0.1) is 0 Å². The van der Waals surface area contributed by atoms with Gasteiger partial charge in [0.2, 0.25) is 0 Å². The molecule has 22 heavy (non-hydrogen) atoms. The van der Waals surface area contributed by atoms with E-state index in [2.05, 4.69) is 38.1 Å². The van der Waals surface area contributed by atoms with Gasteiger partial charge in [0.25, 0.3) is 0 Å². The van der Waals surface area contributed by atoms with E-state index in [1.165, 1.54) is 16.7 Å². The van der Waals surface area contributed by atoms with Crippen LogP contribution in [0.2, 0.25) is 5.02 Å². The Morgan fingerprint density at radius 3 is 2.55 bits per heavy atom. The van der Waals surface area contributed by atoms with Gasteiger partial charge in [-0.1, -0.05) is 41.4 Å². The van der Waals surface area contributed by atoms with Gasteiger partial charge in [0.15, 0.2) is 0 Å². The maximum Gasteiger partial charge on any atom is 0.128 e. The van der Waals surface area contributed by atoms with Gasteiger partial charge in [0.1, 0.15) is 5.84 Å². The lowest BCUT2D eigenvalue weighted by Crippen LogP contribution is -2.27. The summed E-state index contributed by atoms with van der Waals surface area (Å²) in [7, 11) is 1.93. The molecular weight excluding hydrogens is 292 g/mol. The quantitative estimate of drug-likeness (QED) is 0.635. The fourth-order valence-electron chi connectivity index (χ4n) is 2.57. The monoisotopic (exact) mass is 314 g/mol. The van der Waals surface area contributed by atoms with Crippen LogP contribution < -0.4 is 0 Å². The number of rotatable bonds is 4. The highest BCUT2D eigenvalue weighted by atomic mass is 35.5. The lowest BCUT2D eigenvalue weighted by atomic mass is 9.95. The first-order valence-corrected chi connectivity index (χ1v) is 7.94. The van der Waals surface area contributed by atoms with E-state index in [-0.39, 0.29) is 0 Å². The second-order valence-corrected chi connectivity index (χ2v) is 6.20. The van der Waals surface area contributed by atoms with E-state index >= 15 is 0 Å². The van der Waals surface area contributed by atoms with Crippen molar-refractivity contribution in [1.82, 2.24) is 4.90 Å². The molecule has 0 fully saturated rings. The van der Waals surface area contributed by atoms with Crippen LogP contribution in [0.25, 0.3) is 0 Å². The standard InChI is InChI=1S/C19H23ClN2/c1-5-22(4)19(21)18-12-17(20)11-16(14(18)3)10-15-8-6-7-13(2)9-15/h6-9,11-12,21H,5,10H2,1-4H3. The number of hydrogen-bond acceptors (Lipinski definition) is 1. The number of nitrogens with zero attached hydrogens (tertiary/aromatic N) is 1. The van der Waals surface area contributed by atoms with Crippen molar-refractivity contribution in [1.29, 1.82) is 5.41 Å². The van der Waals surface area contributed by atoms with E-state index in [4.69, 9.17) is 17.0 Å². The molecule has 0 aliphatic rings. The molecule has 2 aromatic rings. The third-order valence-electron chi connectivity index (χ3n) is 4.07. The fourth-order valence-corrected chi connectivity index (χ4v) is 2.81. The van der Waals surface area contributed by atoms with E-state index in [0.29, 0.717) is 10.9 Å². The predicted molar refractivity (Wildman–Crippen MR) is 95.3 cm³/mol. The minimum absolute atomic E-state index is 0.521.